The second-order valence-corrected chi connectivity index (χ2v) is 9.70. The number of anilines is 2. The molecule has 1 aliphatic rings. The molecule has 2 heteroatoms. The van der Waals surface area contributed by atoms with Crippen LogP contribution in [-0.2, 0) is 13.1 Å². The fraction of sp³-hybridized carbons (Fsp3) is 0.258. The van der Waals surface area contributed by atoms with E-state index in [-0.39, 0.29) is 0 Å². The summed E-state index contributed by atoms with van der Waals surface area (Å²) in [5, 5.41) is 2.68. The molecule has 166 valence electrons. The first-order valence-electron chi connectivity index (χ1n) is 11.8. The van der Waals surface area contributed by atoms with E-state index in [1.54, 1.807) is 0 Å². The highest BCUT2D eigenvalue weighted by Crippen LogP contribution is 2.37. The Labute approximate surface area is 198 Å². The Balaban J connectivity index is 1.74. The van der Waals surface area contributed by atoms with Crippen molar-refractivity contribution in [2.75, 3.05) is 9.80 Å². The minimum Gasteiger partial charge on any atom is -0.336 e. The maximum atomic E-state index is 3.84. The number of hydrogen-bond acceptors (Lipinski definition) is 2. The first kappa shape index (κ1) is 21.6. The Morgan fingerprint density at radius 1 is 0.576 bits per heavy atom. The average molecular weight is 433 g/mol. The molecule has 0 saturated carbocycles. The van der Waals surface area contributed by atoms with Gasteiger partial charge in [-0.2, -0.15) is 0 Å². The van der Waals surface area contributed by atoms with E-state index in [1.807, 2.05) is 0 Å². The van der Waals surface area contributed by atoms with Gasteiger partial charge in [0, 0.05) is 24.5 Å². The maximum Gasteiger partial charge on any atom is 0.209 e. The Kier molecular flexibility index (Phi) is 5.40. The lowest BCUT2D eigenvalue weighted by Crippen LogP contribution is -2.35. The van der Waals surface area contributed by atoms with Crippen LogP contribution in [0.2, 0.25) is 0 Å². The molecule has 33 heavy (non-hydrogen) atoms. The zero-order valence-electron chi connectivity index (χ0n) is 20.6. The van der Waals surface area contributed by atoms with E-state index in [4.69, 9.17) is 0 Å². The highest BCUT2D eigenvalue weighted by Gasteiger charge is 2.25. The lowest BCUT2D eigenvalue weighted by molar-refractivity contribution is 0.786. The molecule has 0 aliphatic carbocycles. The van der Waals surface area contributed by atoms with Gasteiger partial charge in [0.05, 0.1) is 0 Å². The van der Waals surface area contributed by atoms with Crippen molar-refractivity contribution in [3.8, 4) is 0 Å². The summed E-state index contributed by atoms with van der Waals surface area (Å²) in [5.74, 6) is 0. The summed E-state index contributed by atoms with van der Waals surface area (Å²) < 4.78 is 0. The summed E-state index contributed by atoms with van der Waals surface area (Å²) in [4.78, 5) is 4.68. The predicted molar refractivity (Wildman–Crippen MR) is 141 cm³/mol. The van der Waals surface area contributed by atoms with E-state index in [0.29, 0.717) is 0 Å². The second-order valence-electron chi connectivity index (χ2n) is 9.70. The van der Waals surface area contributed by atoms with E-state index < -0.39 is 0 Å². The average Bonchev–Trinajstić information content (AvgIpc) is 2.71. The molecular weight excluding hydrogens is 400 g/mol. The third-order valence-electron chi connectivity index (χ3n) is 6.79. The van der Waals surface area contributed by atoms with Crippen LogP contribution in [0.1, 0.15) is 44.5 Å². The molecule has 5 rings (SSSR count). The number of benzene rings is 4. The summed E-state index contributed by atoms with van der Waals surface area (Å²) in [6, 6.07) is 22.5. The molecule has 0 unspecified atom stereocenters. The van der Waals surface area contributed by atoms with Gasteiger partial charge in [-0.3, -0.25) is 0 Å². The van der Waals surface area contributed by atoms with Gasteiger partial charge in [0.2, 0.25) is 6.67 Å². The molecule has 1 aliphatic heterocycles. The zero-order chi connectivity index (χ0) is 23.3. The second kappa shape index (κ2) is 8.26. The minimum absolute atomic E-state index is 0.791. The number of aryl methyl sites for hydroxylation is 6. The lowest BCUT2D eigenvalue weighted by atomic mass is 9.95. The van der Waals surface area contributed by atoms with Crippen molar-refractivity contribution < 1.29 is 0 Å². The summed E-state index contributed by atoms with van der Waals surface area (Å²) in [6.07, 6.45) is 0. The molecule has 0 fully saturated rings. The maximum absolute atomic E-state index is 3.84. The molecule has 0 amide bonds. The Morgan fingerprint density at radius 3 is 1.36 bits per heavy atom. The van der Waals surface area contributed by atoms with E-state index in [0.717, 1.165) is 13.1 Å². The predicted octanol–water partition coefficient (Wildman–Crippen LogP) is 7.71. The largest absolute Gasteiger partial charge is 0.336 e. The topological polar surface area (TPSA) is 6.48 Å². The molecule has 0 bridgehead atoms. The quantitative estimate of drug-likeness (QED) is 0.320. The molecule has 4 aromatic rings. The van der Waals surface area contributed by atoms with Gasteiger partial charge in [-0.15, -0.1) is 0 Å². The van der Waals surface area contributed by atoms with Gasteiger partial charge in [-0.1, -0.05) is 71.8 Å². The van der Waals surface area contributed by atoms with Gasteiger partial charge in [-0.05, 0) is 85.7 Å². The third kappa shape index (κ3) is 3.88. The fourth-order valence-corrected chi connectivity index (χ4v) is 5.78. The lowest BCUT2D eigenvalue weighted by Gasteiger charge is -2.37. The van der Waals surface area contributed by atoms with Crippen LogP contribution >= 0.6 is 0 Å². The minimum atomic E-state index is 0.791. The van der Waals surface area contributed by atoms with Crippen molar-refractivity contribution >= 4 is 22.1 Å². The highest BCUT2D eigenvalue weighted by molar-refractivity contribution is 5.90. The first-order valence-corrected chi connectivity index (χ1v) is 11.8. The smallest absolute Gasteiger partial charge is 0.209 e. The normalized spacial score (nSPS) is 13.9. The van der Waals surface area contributed by atoms with Gasteiger partial charge < -0.3 is 9.80 Å². The van der Waals surface area contributed by atoms with Gasteiger partial charge in [0.1, 0.15) is 0 Å². The molecular formula is C31H32N2. The van der Waals surface area contributed by atoms with Crippen LogP contribution in [0.15, 0.2) is 60.7 Å². The van der Waals surface area contributed by atoms with E-state index in [1.165, 1.54) is 66.7 Å². The van der Waals surface area contributed by atoms with Crippen LogP contribution in [0.4, 0.5) is 11.4 Å². The van der Waals surface area contributed by atoms with Crippen molar-refractivity contribution in [3.05, 3.63) is 112 Å². The van der Waals surface area contributed by atoms with E-state index in [2.05, 4.69) is 119 Å². The summed E-state index contributed by atoms with van der Waals surface area (Å²) >= 11 is 0. The molecule has 2 nitrogen and oxygen atoms in total. The molecule has 4 aromatic carbocycles. The van der Waals surface area contributed by atoms with Crippen LogP contribution in [0.3, 0.4) is 0 Å². The van der Waals surface area contributed by atoms with Crippen LogP contribution < -0.4 is 9.80 Å². The number of hydrogen-bond donors (Lipinski definition) is 0. The van der Waals surface area contributed by atoms with E-state index in [9.17, 15) is 0 Å². The Morgan fingerprint density at radius 2 is 0.970 bits per heavy atom. The van der Waals surface area contributed by atoms with Crippen molar-refractivity contribution in [1.29, 1.82) is 0 Å². The van der Waals surface area contributed by atoms with Crippen molar-refractivity contribution in [2.24, 2.45) is 0 Å². The molecule has 0 aromatic heterocycles. The molecule has 0 saturated heterocycles. The van der Waals surface area contributed by atoms with Gasteiger partial charge in [0.25, 0.3) is 0 Å². The van der Waals surface area contributed by atoms with Crippen molar-refractivity contribution in [2.45, 2.75) is 54.6 Å². The molecule has 0 atom stereocenters. The SMILES string of the molecule is Cc1cc(C)c(N2[C]N(c3c(C)cc(C)cc3C)Cc3cccc4cccc(c34)C2)c(C)c1. The summed E-state index contributed by atoms with van der Waals surface area (Å²) in [7, 11) is 0. The highest BCUT2D eigenvalue weighted by atomic mass is 15.3. The molecule has 0 spiro atoms. The van der Waals surface area contributed by atoms with Gasteiger partial charge in [-0.25, -0.2) is 0 Å². The first-order chi connectivity index (χ1) is 15.8. The summed E-state index contributed by atoms with van der Waals surface area (Å²) in [5.41, 5.74) is 13.0. The molecule has 2 radical (unpaired) electrons. The Bertz CT molecular complexity index is 1220. The van der Waals surface area contributed by atoms with Crippen molar-refractivity contribution in [1.82, 2.24) is 0 Å². The zero-order valence-corrected chi connectivity index (χ0v) is 20.6. The van der Waals surface area contributed by atoms with Crippen LogP contribution in [-0.4, -0.2) is 0 Å². The number of nitrogens with zero attached hydrogens (tertiary/aromatic N) is 2. The monoisotopic (exact) mass is 432 g/mol. The van der Waals surface area contributed by atoms with E-state index >= 15 is 0 Å². The third-order valence-corrected chi connectivity index (χ3v) is 6.79. The number of rotatable bonds is 2. The van der Waals surface area contributed by atoms with Crippen LogP contribution in [0, 0.1) is 48.2 Å². The molecule has 1 heterocycles. The Hall–Kier alpha value is -3.26. The fourth-order valence-electron chi connectivity index (χ4n) is 5.78. The standard InChI is InChI=1S/C31H32N2/c1-20-13-22(3)30(23(4)14-20)32-17-27-11-7-9-26-10-8-12-28(29(26)27)18-33(19-32)31-24(5)15-21(2)16-25(31)6/h7-16H,17-18H2,1-6H3. The van der Waals surface area contributed by atoms with Crippen LogP contribution in [0.25, 0.3) is 10.8 Å². The van der Waals surface area contributed by atoms with Gasteiger partial charge >= 0.3 is 0 Å². The summed E-state index contributed by atoms with van der Waals surface area (Å²) in [6.45, 7) is 18.6. The van der Waals surface area contributed by atoms with Gasteiger partial charge in [0.15, 0.2) is 0 Å². The van der Waals surface area contributed by atoms with Crippen LogP contribution in [0.5, 0.6) is 0 Å². The molecule has 0 N–H and O–H groups in total. The van der Waals surface area contributed by atoms with Crippen molar-refractivity contribution in [3.63, 3.8) is 0 Å².